The van der Waals surface area contributed by atoms with Crippen LogP contribution in [-0.4, -0.2) is 17.8 Å². The molecule has 0 fully saturated rings. The molecule has 0 aliphatic heterocycles. The van der Waals surface area contributed by atoms with Gasteiger partial charge in [0, 0.05) is 28.3 Å². The molecule has 0 spiro atoms. The number of thiophene rings is 1. The van der Waals surface area contributed by atoms with Crippen molar-refractivity contribution in [3.05, 3.63) is 21.9 Å². The van der Waals surface area contributed by atoms with Gasteiger partial charge in [0.1, 0.15) is 0 Å². The molecule has 1 rings (SSSR count). The van der Waals surface area contributed by atoms with E-state index in [4.69, 9.17) is 10.8 Å². The smallest absolute Gasteiger partial charge is 0.0586 e. The van der Waals surface area contributed by atoms with E-state index in [1.54, 1.807) is 11.3 Å². The average molecular weight is 322 g/mol. The molecule has 124 valence electrons. The van der Waals surface area contributed by atoms with Crippen LogP contribution in [0, 0.1) is 11.8 Å². The van der Waals surface area contributed by atoms with Crippen LogP contribution in [0.5, 0.6) is 0 Å². The number of hydrogen-bond donors (Lipinski definition) is 2. The van der Waals surface area contributed by atoms with Crippen LogP contribution >= 0.6 is 11.3 Å². The van der Waals surface area contributed by atoms with Gasteiger partial charge in [-0.3, -0.25) is 0 Å². The zero-order chi connectivity index (χ0) is 16.0. The summed E-state index contributed by atoms with van der Waals surface area (Å²) in [6.45, 7) is 2.30. The van der Waals surface area contributed by atoms with Crippen molar-refractivity contribution >= 4 is 11.3 Å². The van der Waals surface area contributed by atoms with Gasteiger partial charge in [-0.1, -0.05) is 63.7 Å². The zero-order valence-corrected chi connectivity index (χ0v) is 14.8. The van der Waals surface area contributed by atoms with E-state index in [9.17, 15) is 0 Å². The van der Waals surface area contributed by atoms with Crippen molar-refractivity contribution < 1.29 is 5.11 Å². The fraction of sp³-hybridized carbons (Fsp3) is 0.684. The maximum atomic E-state index is 8.96. The summed E-state index contributed by atoms with van der Waals surface area (Å²) in [5.41, 5.74) is 6.83. The second-order valence-electron chi connectivity index (χ2n) is 5.98. The molecule has 0 aliphatic carbocycles. The molecule has 0 aromatic carbocycles. The Labute approximate surface area is 140 Å². The number of hydrogen-bond acceptors (Lipinski definition) is 3. The standard InChI is InChI=1S/C19H31NOS/c1-2-3-4-5-6-7-8-9-10-11-12-17-13-19(22-16-17)14-18(20)15-21/h13,16,18,21H,2-10,14-15,20H2,1H3. The van der Waals surface area contributed by atoms with E-state index >= 15 is 0 Å². The molecular weight excluding hydrogens is 290 g/mol. The number of aliphatic hydroxyl groups excluding tert-OH is 1. The summed E-state index contributed by atoms with van der Waals surface area (Å²) in [4.78, 5) is 1.21. The summed E-state index contributed by atoms with van der Waals surface area (Å²) in [5.74, 6) is 6.50. The second kappa shape index (κ2) is 12.7. The molecule has 0 saturated carbocycles. The van der Waals surface area contributed by atoms with Crippen molar-refractivity contribution in [2.75, 3.05) is 6.61 Å². The van der Waals surface area contributed by atoms with E-state index in [0.29, 0.717) is 0 Å². The topological polar surface area (TPSA) is 46.2 Å². The van der Waals surface area contributed by atoms with Gasteiger partial charge >= 0.3 is 0 Å². The lowest BCUT2D eigenvalue weighted by Gasteiger charge is -2.03. The minimum absolute atomic E-state index is 0.0390. The lowest BCUT2D eigenvalue weighted by atomic mass is 10.1. The van der Waals surface area contributed by atoms with Gasteiger partial charge in [-0.2, -0.15) is 0 Å². The Hall–Kier alpha value is -0.820. The molecule has 0 amide bonds. The lowest BCUT2D eigenvalue weighted by Crippen LogP contribution is -2.26. The molecular formula is C19H31NOS. The van der Waals surface area contributed by atoms with E-state index in [-0.39, 0.29) is 12.6 Å². The van der Waals surface area contributed by atoms with Gasteiger partial charge in [-0.15, -0.1) is 11.3 Å². The van der Waals surface area contributed by atoms with Crippen LogP contribution in [0.25, 0.3) is 0 Å². The van der Waals surface area contributed by atoms with Gasteiger partial charge < -0.3 is 10.8 Å². The van der Waals surface area contributed by atoms with E-state index < -0.39 is 0 Å². The fourth-order valence-electron chi connectivity index (χ4n) is 2.39. The van der Waals surface area contributed by atoms with E-state index in [2.05, 4.69) is 30.2 Å². The highest BCUT2D eigenvalue weighted by molar-refractivity contribution is 7.10. The van der Waals surface area contributed by atoms with Crippen LogP contribution in [0.2, 0.25) is 0 Å². The van der Waals surface area contributed by atoms with Gasteiger partial charge in [0.15, 0.2) is 0 Å². The monoisotopic (exact) mass is 321 g/mol. The predicted molar refractivity (Wildman–Crippen MR) is 97.2 cm³/mol. The third kappa shape index (κ3) is 9.25. The van der Waals surface area contributed by atoms with E-state index in [1.807, 2.05) is 0 Å². The first-order chi connectivity index (χ1) is 10.8. The van der Waals surface area contributed by atoms with Crippen molar-refractivity contribution in [2.24, 2.45) is 5.73 Å². The number of aliphatic hydroxyl groups is 1. The largest absolute Gasteiger partial charge is 0.395 e. The van der Waals surface area contributed by atoms with E-state index in [1.165, 1.54) is 56.2 Å². The molecule has 2 nitrogen and oxygen atoms in total. The first-order valence-electron chi connectivity index (χ1n) is 8.69. The molecule has 22 heavy (non-hydrogen) atoms. The third-order valence-corrected chi connectivity index (χ3v) is 4.70. The molecule has 1 aromatic rings. The lowest BCUT2D eigenvalue weighted by molar-refractivity contribution is 0.265. The van der Waals surface area contributed by atoms with Crippen molar-refractivity contribution in [1.82, 2.24) is 0 Å². The predicted octanol–water partition coefficient (Wildman–Crippen LogP) is 4.49. The maximum Gasteiger partial charge on any atom is 0.0586 e. The first kappa shape index (κ1) is 19.2. The quantitative estimate of drug-likeness (QED) is 0.466. The number of rotatable bonds is 11. The normalized spacial score (nSPS) is 12.0. The third-order valence-electron chi connectivity index (χ3n) is 3.74. The highest BCUT2D eigenvalue weighted by atomic mass is 32.1. The molecule has 1 aromatic heterocycles. The Kier molecular flexibility index (Phi) is 11.1. The van der Waals surface area contributed by atoms with E-state index in [0.717, 1.165) is 18.4 Å². The molecule has 3 heteroatoms. The van der Waals surface area contributed by atoms with Gasteiger partial charge in [-0.05, 0) is 18.9 Å². The van der Waals surface area contributed by atoms with Crippen LogP contribution in [0.15, 0.2) is 11.4 Å². The minimum atomic E-state index is -0.156. The summed E-state index contributed by atoms with van der Waals surface area (Å²) < 4.78 is 0. The molecule has 0 aliphatic rings. The summed E-state index contributed by atoms with van der Waals surface area (Å²) in [6.07, 6.45) is 12.5. The first-order valence-corrected chi connectivity index (χ1v) is 9.57. The Balaban J connectivity index is 2.09. The Morgan fingerprint density at radius 3 is 2.50 bits per heavy atom. The maximum absolute atomic E-state index is 8.96. The minimum Gasteiger partial charge on any atom is -0.395 e. The average Bonchev–Trinajstić information content (AvgIpc) is 2.96. The van der Waals surface area contributed by atoms with Crippen LogP contribution in [0.1, 0.15) is 75.2 Å². The highest BCUT2D eigenvalue weighted by Gasteiger charge is 2.04. The molecule has 3 N–H and O–H groups in total. The summed E-state index contributed by atoms with van der Waals surface area (Å²) >= 11 is 1.68. The van der Waals surface area contributed by atoms with Crippen molar-refractivity contribution in [3.8, 4) is 11.8 Å². The highest BCUT2D eigenvalue weighted by Crippen LogP contribution is 2.15. The molecule has 0 radical (unpaired) electrons. The summed E-state index contributed by atoms with van der Waals surface area (Å²) in [7, 11) is 0. The van der Waals surface area contributed by atoms with Crippen LogP contribution in [-0.2, 0) is 6.42 Å². The molecule has 1 unspecified atom stereocenters. The van der Waals surface area contributed by atoms with Crippen molar-refractivity contribution in [2.45, 2.75) is 77.2 Å². The molecule has 0 saturated heterocycles. The molecule has 1 atom stereocenters. The Morgan fingerprint density at radius 1 is 1.14 bits per heavy atom. The zero-order valence-electron chi connectivity index (χ0n) is 13.9. The van der Waals surface area contributed by atoms with Gasteiger partial charge in [0.25, 0.3) is 0 Å². The Morgan fingerprint density at radius 2 is 1.82 bits per heavy atom. The van der Waals surface area contributed by atoms with Gasteiger partial charge in [0.2, 0.25) is 0 Å². The van der Waals surface area contributed by atoms with Crippen LogP contribution in [0.3, 0.4) is 0 Å². The Bertz CT molecular complexity index is 444. The molecule has 0 bridgehead atoms. The number of nitrogens with two attached hydrogens (primary N) is 1. The summed E-state index contributed by atoms with van der Waals surface area (Å²) in [5, 5.41) is 11.0. The van der Waals surface area contributed by atoms with Crippen molar-refractivity contribution in [1.29, 1.82) is 0 Å². The SMILES string of the molecule is CCCCCCCCCCC#Cc1csc(CC(N)CO)c1. The number of unbranched alkanes of at least 4 members (excludes halogenated alkanes) is 8. The summed E-state index contributed by atoms with van der Waals surface area (Å²) in [6, 6.07) is 1.94. The van der Waals surface area contributed by atoms with Crippen molar-refractivity contribution in [3.63, 3.8) is 0 Å². The van der Waals surface area contributed by atoms with Gasteiger partial charge in [-0.25, -0.2) is 0 Å². The van der Waals surface area contributed by atoms with Crippen LogP contribution < -0.4 is 5.73 Å². The molecule has 1 heterocycles. The van der Waals surface area contributed by atoms with Gasteiger partial charge in [0.05, 0.1) is 6.61 Å². The second-order valence-corrected chi connectivity index (χ2v) is 6.97. The van der Waals surface area contributed by atoms with Crippen LogP contribution in [0.4, 0.5) is 0 Å². The fourth-order valence-corrected chi connectivity index (χ4v) is 3.30.